The third-order valence-electron chi connectivity index (χ3n) is 3.80. The molecule has 0 saturated carbocycles. The lowest BCUT2D eigenvalue weighted by molar-refractivity contribution is 0.241. The van der Waals surface area contributed by atoms with Gasteiger partial charge in [-0.1, -0.05) is 26.0 Å². The van der Waals surface area contributed by atoms with Crippen molar-refractivity contribution < 1.29 is 8.42 Å². The van der Waals surface area contributed by atoms with Gasteiger partial charge in [0, 0.05) is 32.9 Å². The predicted molar refractivity (Wildman–Crippen MR) is 120 cm³/mol. The number of nitrogens with zero attached hydrogens (tertiary/aromatic N) is 2. The number of sulfone groups is 1. The molecule has 0 bridgehead atoms. The average molecular weight is 496 g/mol. The highest BCUT2D eigenvalue weighted by atomic mass is 127. The van der Waals surface area contributed by atoms with Crippen LogP contribution < -0.4 is 10.6 Å². The summed E-state index contributed by atoms with van der Waals surface area (Å²) >= 11 is 0. The van der Waals surface area contributed by atoms with E-state index in [9.17, 15) is 8.42 Å². The summed E-state index contributed by atoms with van der Waals surface area (Å²) in [6, 6.07) is 5.39. The van der Waals surface area contributed by atoms with E-state index in [2.05, 4.69) is 48.5 Å². The normalized spacial score (nSPS) is 12.7. The molecule has 8 heteroatoms. The van der Waals surface area contributed by atoms with Crippen LogP contribution in [0.25, 0.3) is 0 Å². The molecule has 0 amide bonds. The maximum Gasteiger partial charge on any atom is 0.191 e. The fourth-order valence-corrected chi connectivity index (χ4v) is 3.84. The van der Waals surface area contributed by atoms with Gasteiger partial charge in [0.1, 0.15) is 0 Å². The molecule has 0 saturated heterocycles. The van der Waals surface area contributed by atoms with Crippen LogP contribution in [0.2, 0.25) is 0 Å². The Morgan fingerprint density at radius 3 is 2.31 bits per heavy atom. The number of halogens is 1. The summed E-state index contributed by atoms with van der Waals surface area (Å²) < 4.78 is 23.4. The Bertz CT molecular complexity index is 716. The van der Waals surface area contributed by atoms with Gasteiger partial charge in [-0.05, 0) is 43.6 Å². The molecule has 0 aromatic heterocycles. The number of aliphatic imine (C=N–C) groups is 1. The zero-order chi connectivity index (χ0) is 19.3. The molecular formula is C18H33IN4O2S. The van der Waals surface area contributed by atoms with Crippen LogP contribution in [0.1, 0.15) is 25.0 Å². The third-order valence-corrected chi connectivity index (χ3v) is 5.06. The van der Waals surface area contributed by atoms with Crippen molar-refractivity contribution in [2.45, 2.75) is 32.2 Å². The molecule has 150 valence electrons. The highest BCUT2D eigenvalue weighted by Crippen LogP contribution is 2.17. The van der Waals surface area contributed by atoms with E-state index in [1.54, 1.807) is 13.1 Å². The minimum Gasteiger partial charge on any atom is -0.356 e. The molecule has 0 spiro atoms. The lowest BCUT2D eigenvalue weighted by atomic mass is 9.93. The van der Waals surface area contributed by atoms with Gasteiger partial charge in [-0.25, -0.2) is 8.42 Å². The summed E-state index contributed by atoms with van der Waals surface area (Å²) in [5, 5.41) is 6.62. The van der Waals surface area contributed by atoms with Gasteiger partial charge in [0.05, 0.1) is 4.90 Å². The topological polar surface area (TPSA) is 73.8 Å². The van der Waals surface area contributed by atoms with Crippen LogP contribution in [0.15, 0.2) is 28.1 Å². The van der Waals surface area contributed by atoms with Crippen LogP contribution in [0.3, 0.4) is 0 Å². The molecule has 26 heavy (non-hydrogen) atoms. The fourth-order valence-electron chi connectivity index (χ4n) is 2.88. The maximum absolute atomic E-state index is 11.7. The van der Waals surface area contributed by atoms with E-state index in [1.165, 1.54) is 6.26 Å². The van der Waals surface area contributed by atoms with Gasteiger partial charge in [-0.2, -0.15) is 0 Å². The zero-order valence-corrected chi connectivity index (χ0v) is 20.0. The number of hydrogen-bond acceptors (Lipinski definition) is 4. The van der Waals surface area contributed by atoms with Gasteiger partial charge in [0.15, 0.2) is 15.8 Å². The van der Waals surface area contributed by atoms with E-state index in [1.807, 2.05) is 19.1 Å². The van der Waals surface area contributed by atoms with E-state index >= 15 is 0 Å². The molecule has 1 rings (SSSR count). The van der Waals surface area contributed by atoms with E-state index in [4.69, 9.17) is 0 Å². The minimum absolute atomic E-state index is 0. The summed E-state index contributed by atoms with van der Waals surface area (Å²) in [4.78, 5) is 6.80. The van der Waals surface area contributed by atoms with Crippen LogP contribution in [0, 0.1) is 12.3 Å². The molecule has 1 aromatic carbocycles. The van der Waals surface area contributed by atoms with Crippen LogP contribution in [0.4, 0.5) is 0 Å². The van der Waals surface area contributed by atoms with E-state index in [0.717, 1.165) is 30.2 Å². The predicted octanol–water partition coefficient (Wildman–Crippen LogP) is 2.27. The number of nitrogens with one attached hydrogen (secondary N) is 2. The number of aryl methyl sites for hydroxylation is 1. The Morgan fingerprint density at radius 2 is 1.85 bits per heavy atom. The fraction of sp³-hybridized carbons (Fsp3) is 0.611. The summed E-state index contributed by atoms with van der Waals surface area (Å²) in [6.45, 7) is 8.59. The van der Waals surface area contributed by atoms with Crippen molar-refractivity contribution in [1.29, 1.82) is 0 Å². The van der Waals surface area contributed by atoms with Crippen molar-refractivity contribution in [3.8, 4) is 0 Å². The first-order chi connectivity index (χ1) is 11.4. The van der Waals surface area contributed by atoms with Crippen LogP contribution in [0.5, 0.6) is 0 Å². The van der Waals surface area contributed by atoms with Crippen LogP contribution in [-0.2, 0) is 16.4 Å². The van der Waals surface area contributed by atoms with Crippen molar-refractivity contribution in [3.05, 3.63) is 29.3 Å². The highest BCUT2D eigenvalue weighted by Gasteiger charge is 2.19. The number of hydrogen-bond donors (Lipinski definition) is 2. The van der Waals surface area contributed by atoms with Gasteiger partial charge >= 0.3 is 0 Å². The second kappa shape index (κ2) is 10.5. The van der Waals surface area contributed by atoms with Gasteiger partial charge < -0.3 is 15.5 Å². The SMILES string of the molecule is CN=C(NCc1ccc(S(C)(=O)=O)c(C)c1)NCC(C)(C)CN(C)C.I. The van der Waals surface area contributed by atoms with Gasteiger partial charge in [-0.3, -0.25) is 4.99 Å². The first kappa shape index (κ1) is 25.1. The summed E-state index contributed by atoms with van der Waals surface area (Å²) in [7, 11) is 2.69. The molecule has 0 aliphatic carbocycles. The van der Waals surface area contributed by atoms with E-state index in [0.29, 0.717) is 11.4 Å². The lowest BCUT2D eigenvalue weighted by Gasteiger charge is -2.29. The van der Waals surface area contributed by atoms with E-state index < -0.39 is 9.84 Å². The first-order valence-electron chi connectivity index (χ1n) is 8.33. The monoisotopic (exact) mass is 496 g/mol. The van der Waals surface area contributed by atoms with Gasteiger partial charge in [-0.15, -0.1) is 24.0 Å². The quantitative estimate of drug-likeness (QED) is 0.344. The Kier molecular flexibility index (Phi) is 10.1. The molecule has 0 fully saturated rings. The number of rotatable bonds is 7. The van der Waals surface area contributed by atoms with Gasteiger partial charge in [0.25, 0.3) is 0 Å². The van der Waals surface area contributed by atoms with Crippen LogP contribution >= 0.6 is 24.0 Å². The molecule has 0 radical (unpaired) electrons. The van der Waals surface area contributed by atoms with Crippen molar-refractivity contribution >= 4 is 39.8 Å². The molecule has 0 aliphatic heterocycles. The van der Waals surface area contributed by atoms with Crippen molar-refractivity contribution in [2.24, 2.45) is 10.4 Å². The number of benzene rings is 1. The Labute approximate surface area is 175 Å². The number of guanidine groups is 1. The molecule has 0 heterocycles. The molecule has 2 N–H and O–H groups in total. The second-order valence-electron chi connectivity index (χ2n) is 7.55. The molecular weight excluding hydrogens is 463 g/mol. The largest absolute Gasteiger partial charge is 0.356 e. The minimum atomic E-state index is -3.18. The Hall–Kier alpha value is -0.870. The third kappa shape index (κ3) is 8.68. The van der Waals surface area contributed by atoms with E-state index in [-0.39, 0.29) is 29.4 Å². The highest BCUT2D eigenvalue weighted by molar-refractivity contribution is 14.0. The van der Waals surface area contributed by atoms with Crippen LogP contribution in [-0.4, -0.2) is 59.8 Å². The second-order valence-corrected chi connectivity index (χ2v) is 9.54. The molecule has 0 unspecified atom stereocenters. The lowest BCUT2D eigenvalue weighted by Crippen LogP contribution is -2.44. The average Bonchev–Trinajstić information content (AvgIpc) is 2.44. The van der Waals surface area contributed by atoms with Gasteiger partial charge in [0.2, 0.25) is 0 Å². The molecule has 0 atom stereocenters. The first-order valence-corrected chi connectivity index (χ1v) is 10.2. The van der Waals surface area contributed by atoms with Crippen molar-refractivity contribution in [3.63, 3.8) is 0 Å². The summed E-state index contributed by atoms with van der Waals surface area (Å²) in [5.74, 6) is 0.733. The molecule has 1 aromatic rings. The molecule has 6 nitrogen and oxygen atoms in total. The zero-order valence-electron chi connectivity index (χ0n) is 16.9. The summed E-state index contributed by atoms with van der Waals surface area (Å²) in [5.41, 5.74) is 1.90. The molecule has 0 aliphatic rings. The van der Waals surface area contributed by atoms with Crippen molar-refractivity contribution in [2.75, 3.05) is 40.5 Å². The Morgan fingerprint density at radius 1 is 1.23 bits per heavy atom. The summed E-state index contributed by atoms with van der Waals surface area (Å²) in [6.07, 6.45) is 1.23. The maximum atomic E-state index is 11.7. The smallest absolute Gasteiger partial charge is 0.191 e. The Balaban J connectivity index is 0.00000625. The standard InChI is InChI=1S/C18H32N4O2S.HI/c1-14-10-15(8-9-16(14)25(7,23)24)11-20-17(19-4)21-12-18(2,3)13-22(5)6;/h8-10H,11-13H2,1-7H3,(H2,19,20,21);1H. The van der Waals surface area contributed by atoms with Crippen molar-refractivity contribution in [1.82, 2.24) is 15.5 Å².